The van der Waals surface area contributed by atoms with Crippen LogP contribution in [0.25, 0.3) is 0 Å². The molecule has 1 N–H and O–H groups in total. The molecule has 0 radical (unpaired) electrons. The lowest BCUT2D eigenvalue weighted by Gasteiger charge is -2.48. The standard InChI is InChI=1S/C26H40N4O4/c1-25(2,3)34-24(31)30-15-8-20-23(22(7-13-28-20)33-19-5-11-27-12-6-19)21(30)9-14-29-17-26(18-29)10-4-16-32-26/h7,13,19,21,27H,4-6,8-12,14-18H2,1-3H3. The van der Waals surface area contributed by atoms with Gasteiger partial charge in [-0.1, -0.05) is 0 Å². The fraction of sp³-hybridized carbons (Fsp3) is 0.769. The molecule has 5 rings (SSSR count). The molecule has 1 amide bonds. The Morgan fingerprint density at radius 1 is 1.29 bits per heavy atom. The molecule has 8 heteroatoms. The van der Waals surface area contributed by atoms with Crippen LogP contribution >= 0.6 is 0 Å². The lowest BCUT2D eigenvalue weighted by molar-refractivity contribution is -0.112. The van der Waals surface area contributed by atoms with Crippen molar-refractivity contribution in [2.45, 2.75) is 82.6 Å². The van der Waals surface area contributed by atoms with E-state index in [0.29, 0.717) is 6.54 Å². The minimum Gasteiger partial charge on any atom is -0.490 e. The normalized spacial score (nSPS) is 25.1. The molecule has 1 spiro atoms. The molecule has 1 aromatic heterocycles. The molecule has 5 heterocycles. The van der Waals surface area contributed by atoms with Crippen LogP contribution < -0.4 is 10.1 Å². The maximum absolute atomic E-state index is 13.3. The summed E-state index contributed by atoms with van der Waals surface area (Å²) in [5.41, 5.74) is 1.68. The van der Waals surface area contributed by atoms with Crippen LogP contribution in [0, 0.1) is 0 Å². The second kappa shape index (κ2) is 9.63. The van der Waals surface area contributed by atoms with E-state index in [0.717, 1.165) is 88.4 Å². The number of nitrogens with one attached hydrogen (secondary N) is 1. The topological polar surface area (TPSA) is 76.2 Å². The molecule has 3 saturated heterocycles. The molecule has 188 valence electrons. The van der Waals surface area contributed by atoms with E-state index in [4.69, 9.17) is 19.2 Å². The van der Waals surface area contributed by atoms with Crippen LogP contribution in [0.2, 0.25) is 0 Å². The molecule has 1 atom stereocenters. The number of ether oxygens (including phenoxy) is 3. The molecular formula is C26H40N4O4. The van der Waals surface area contributed by atoms with Crippen LogP contribution in [0.3, 0.4) is 0 Å². The van der Waals surface area contributed by atoms with Gasteiger partial charge in [0.15, 0.2) is 0 Å². The predicted octanol–water partition coefficient (Wildman–Crippen LogP) is 3.30. The number of hydrogen-bond acceptors (Lipinski definition) is 7. The van der Waals surface area contributed by atoms with Gasteiger partial charge in [-0.05, 0) is 72.0 Å². The van der Waals surface area contributed by atoms with Gasteiger partial charge >= 0.3 is 6.09 Å². The summed E-state index contributed by atoms with van der Waals surface area (Å²) in [5.74, 6) is 0.884. The van der Waals surface area contributed by atoms with Gasteiger partial charge in [-0.15, -0.1) is 0 Å². The van der Waals surface area contributed by atoms with Gasteiger partial charge < -0.3 is 24.4 Å². The number of likely N-dealkylation sites (tertiary alicyclic amines) is 1. The van der Waals surface area contributed by atoms with Crippen molar-refractivity contribution in [2.24, 2.45) is 0 Å². The highest BCUT2D eigenvalue weighted by Crippen LogP contribution is 2.41. The number of carbonyl (C=O) groups excluding carboxylic acids is 1. The summed E-state index contributed by atoms with van der Waals surface area (Å²) in [6.45, 7) is 12.1. The van der Waals surface area contributed by atoms with Crippen LogP contribution in [0.1, 0.15) is 70.2 Å². The Morgan fingerprint density at radius 3 is 2.79 bits per heavy atom. The smallest absolute Gasteiger partial charge is 0.410 e. The molecule has 0 aromatic carbocycles. The Morgan fingerprint density at radius 2 is 2.09 bits per heavy atom. The first kappa shape index (κ1) is 23.8. The molecule has 1 aromatic rings. The van der Waals surface area contributed by atoms with Crippen molar-refractivity contribution in [1.82, 2.24) is 20.1 Å². The van der Waals surface area contributed by atoms with Gasteiger partial charge in [0.25, 0.3) is 0 Å². The quantitative estimate of drug-likeness (QED) is 0.705. The third-order valence-electron chi connectivity index (χ3n) is 7.47. The third kappa shape index (κ3) is 5.19. The monoisotopic (exact) mass is 472 g/mol. The van der Waals surface area contributed by atoms with Crippen LogP contribution in [-0.4, -0.2) is 84.1 Å². The summed E-state index contributed by atoms with van der Waals surface area (Å²) in [6.07, 6.45) is 7.66. The highest BCUT2D eigenvalue weighted by molar-refractivity contribution is 5.70. The molecule has 0 aliphatic carbocycles. The summed E-state index contributed by atoms with van der Waals surface area (Å²) in [7, 11) is 0. The van der Waals surface area contributed by atoms with E-state index in [-0.39, 0.29) is 23.8 Å². The van der Waals surface area contributed by atoms with Gasteiger partial charge in [0.05, 0.1) is 17.3 Å². The largest absolute Gasteiger partial charge is 0.490 e. The number of fused-ring (bicyclic) bond motifs is 1. The average Bonchev–Trinajstić information content (AvgIpc) is 3.26. The summed E-state index contributed by atoms with van der Waals surface area (Å²) in [5, 5.41) is 3.40. The highest BCUT2D eigenvalue weighted by Gasteiger charge is 2.46. The average molecular weight is 473 g/mol. The molecule has 1 unspecified atom stereocenters. The fourth-order valence-corrected chi connectivity index (χ4v) is 5.86. The molecule has 8 nitrogen and oxygen atoms in total. The fourth-order valence-electron chi connectivity index (χ4n) is 5.86. The first-order valence-electron chi connectivity index (χ1n) is 13.0. The Balaban J connectivity index is 1.36. The number of piperidine rings is 1. The Hall–Kier alpha value is -1.90. The van der Waals surface area contributed by atoms with E-state index in [1.807, 2.05) is 37.9 Å². The van der Waals surface area contributed by atoms with Gasteiger partial charge in [-0.25, -0.2) is 4.79 Å². The van der Waals surface area contributed by atoms with Crippen molar-refractivity contribution < 1.29 is 19.0 Å². The first-order chi connectivity index (χ1) is 16.3. The van der Waals surface area contributed by atoms with Crippen LogP contribution in [-0.2, 0) is 15.9 Å². The number of aromatic nitrogens is 1. The van der Waals surface area contributed by atoms with Crippen molar-refractivity contribution in [3.8, 4) is 5.75 Å². The number of nitrogens with zero attached hydrogens (tertiary/aromatic N) is 3. The lowest BCUT2D eigenvalue weighted by Crippen LogP contribution is -2.61. The molecule has 0 saturated carbocycles. The number of carbonyl (C=O) groups is 1. The van der Waals surface area contributed by atoms with E-state index in [1.54, 1.807) is 0 Å². The van der Waals surface area contributed by atoms with Crippen molar-refractivity contribution in [3.05, 3.63) is 23.5 Å². The zero-order chi connectivity index (χ0) is 23.8. The number of hydrogen-bond donors (Lipinski definition) is 1. The van der Waals surface area contributed by atoms with Crippen LogP contribution in [0.4, 0.5) is 4.79 Å². The highest BCUT2D eigenvalue weighted by atomic mass is 16.6. The van der Waals surface area contributed by atoms with Crippen LogP contribution in [0.5, 0.6) is 5.75 Å². The van der Waals surface area contributed by atoms with Crippen LogP contribution in [0.15, 0.2) is 12.3 Å². The van der Waals surface area contributed by atoms with Crippen molar-refractivity contribution in [3.63, 3.8) is 0 Å². The Bertz CT molecular complexity index is 866. The second-order valence-corrected chi connectivity index (χ2v) is 11.3. The molecule has 34 heavy (non-hydrogen) atoms. The van der Waals surface area contributed by atoms with Crippen molar-refractivity contribution in [1.29, 1.82) is 0 Å². The third-order valence-corrected chi connectivity index (χ3v) is 7.47. The second-order valence-electron chi connectivity index (χ2n) is 11.3. The summed E-state index contributed by atoms with van der Waals surface area (Å²) >= 11 is 0. The number of rotatable bonds is 5. The minimum atomic E-state index is -0.533. The van der Waals surface area contributed by atoms with Gasteiger partial charge in [-0.2, -0.15) is 0 Å². The summed E-state index contributed by atoms with van der Waals surface area (Å²) in [4.78, 5) is 22.3. The van der Waals surface area contributed by atoms with E-state index in [1.165, 1.54) is 6.42 Å². The number of pyridine rings is 1. The van der Waals surface area contributed by atoms with Gasteiger partial charge in [-0.3, -0.25) is 9.88 Å². The molecule has 3 fully saturated rings. The molecule has 0 bridgehead atoms. The Kier molecular flexibility index (Phi) is 6.75. The Labute approximate surface area is 203 Å². The maximum atomic E-state index is 13.3. The SMILES string of the molecule is CC(C)(C)OC(=O)N1CCc2nccc(OC3CCNCC3)c2C1CCN1CC2(CCCO2)C1. The van der Waals surface area contributed by atoms with E-state index >= 15 is 0 Å². The summed E-state index contributed by atoms with van der Waals surface area (Å²) in [6, 6.07) is 1.88. The molecule has 4 aliphatic heterocycles. The van der Waals surface area contributed by atoms with Crippen molar-refractivity contribution >= 4 is 6.09 Å². The zero-order valence-electron chi connectivity index (χ0n) is 21.0. The van der Waals surface area contributed by atoms with Crippen molar-refractivity contribution in [2.75, 3.05) is 45.9 Å². The lowest BCUT2D eigenvalue weighted by atomic mass is 9.89. The zero-order valence-corrected chi connectivity index (χ0v) is 21.0. The number of amides is 1. The van der Waals surface area contributed by atoms with E-state index in [9.17, 15) is 4.79 Å². The molecular weight excluding hydrogens is 432 g/mol. The first-order valence-corrected chi connectivity index (χ1v) is 13.0. The van der Waals surface area contributed by atoms with E-state index < -0.39 is 5.60 Å². The molecule has 4 aliphatic rings. The van der Waals surface area contributed by atoms with Gasteiger partial charge in [0.2, 0.25) is 0 Å². The van der Waals surface area contributed by atoms with E-state index in [2.05, 4.69) is 10.2 Å². The summed E-state index contributed by atoms with van der Waals surface area (Å²) < 4.78 is 18.4. The maximum Gasteiger partial charge on any atom is 0.410 e. The predicted molar refractivity (Wildman–Crippen MR) is 129 cm³/mol. The minimum absolute atomic E-state index is 0.0835. The van der Waals surface area contributed by atoms with Gasteiger partial charge in [0.1, 0.15) is 17.5 Å². The van der Waals surface area contributed by atoms with Gasteiger partial charge in [0, 0.05) is 51.0 Å².